The van der Waals surface area contributed by atoms with E-state index in [1.165, 1.54) is 38.1 Å². The number of carboxylic acid groups (broad SMARTS) is 1. The molecule has 37 heavy (non-hydrogen) atoms. The predicted molar refractivity (Wildman–Crippen MR) is 121 cm³/mol. The van der Waals surface area contributed by atoms with Gasteiger partial charge in [0.15, 0.2) is 5.60 Å². The molecule has 0 spiro atoms. The average Bonchev–Trinajstić information content (AvgIpc) is 2.79. The zero-order valence-corrected chi connectivity index (χ0v) is 19.4. The molecule has 0 fully saturated rings. The number of anilines is 1. The van der Waals surface area contributed by atoms with Gasteiger partial charge in [0.25, 0.3) is 0 Å². The Bertz CT molecular complexity index is 1280. The van der Waals surface area contributed by atoms with E-state index < -0.39 is 46.6 Å². The van der Waals surface area contributed by atoms with Gasteiger partial charge in [0.2, 0.25) is 5.91 Å². The minimum atomic E-state index is -4.89. The van der Waals surface area contributed by atoms with Crippen LogP contribution in [0.4, 0.5) is 32.0 Å². The number of carboxylic acids is 1. The summed E-state index contributed by atoms with van der Waals surface area (Å²) in [6, 6.07) is 9.91. The van der Waals surface area contributed by atoms with E-state index in [2.05, 4.69) is 10.3 Å². The Hall–Kier alpha value is -4.09. The van der Waals surface area contributed by atoms with E-state index in [-0.39, 0.29) is 23.4 Å². The van der Waals surface area contributed by atoms with Gasteiger partial charge in [-0.3, -0.25) is 9.78 Å². The van der Waals surface area contributed by atoms with Gasteiger partial charge in [-0.15, -0.1) is 0 Å². The number of nitrogens with one attached hydrogen (secondary N) is 1. The van der Waals surface area contributed by atoms with Crippen LogP contribution >= 0.6 is 0 Å². The fourth-order valence-corrected chi connectivity index (χ4v) is 3.17. The molecule has 3 rings (SSSR count). The van der Waals surface area contributed by atoms with Gasteiger partial charge in [0, 0.05) is 5.56 Å². The van der Waals surface area contributed by atoms with Crippen molar-refractivity contribution in [1.82, 2.24) is 4.98 Å². The minimum Gasteiger partial charge on any atom is -0.478 e. The highest BCUT2D eigenvalue weighted by molar-refractivity contribution is 5.93. The van der Waals surface area contributed by atoms with E-state index in [1.807, 2.05) is 0 Å². The second-order valence-corrected chi connectivity index (χ2v) is 8.47. The van der Waals surface area contributed by atoms with Crippen molar-refractivity contribution in [1.29, 1.82) is 0 Å². The quantitative estimate of drug-likeness (QED) is 0.358. The van der Waals surface area contributed by atoms with E-state index in [0.717, 1.165) is 30.5 Å². The number of aromatic nitrogens is 1. The molecule has 6 nitrogen and oxygen atoms in total. The number of pyridine rings is 1. The normalized spacial score (nSPS) is 12.2. The first-order chi connectivity index (χ1) is 17.1. The Balaban J connectivity index is 1.76. The molecule has 196 valence electrons. The molecule has 0 aliphatic carbocycles. The van der Waals surface area contributed by atoms with Crippen LogP contribution < -0.4 is 10.1 Å². The van der Waals surface area contributed by atoms with E-state index in [1.54, 1.807) is 0 Å². The van der Waals surface area contributed by atoms with E-state index in [9.17, 15) is 35.9 Å². The zero-order chi connectivity index (χ0) is 27.6. The number of benzene rings is 2. The first-order valence-electron chi connectivity index (χ1n) is 10.6. The third kappa shape index (κ3) is 6.99. The summed E-state index contributed by atoms with van der Waals surface area (Å²) in [6.07, 6.45) is -9.00. The van der Waals surface area contributed by atoms with Crippen molar-refractivity contribution in [2.24, 2.45) is 0 Å². The molecule has 12 heteroatoms. The van der Waals surface area contributed by atoms with Gasteiger partial charge < -0.3 is 15.2 Å². The number of alkyl halides is 6. The van der Waals surface area contributed by atoms with E-state index >= 15 is 0 Å². The number of hydrogen-bond donors (Lipinski definition) is 2. The van der Waals surface area contributed by atoms with E-state index in [0.29, 0.717) is 11.6 Å². The lowest BCUT2D eigenvalue weighted by Crippen LogP contribution is -2.37. The summed E-state index contributed by atoms with van der Waals surface area (Å²) in [7, 11) is 0. The SMILES string of the molecule is CC(C)(Oc1ccc(CC(=O)Nc2cnc(-c3ccc(C(F)(F)F)cc3)cc2C(F)(F)F)cc1)C(=O)O. The van der Waals surface area contributed by atoms with Gasteiger partial charge in [0.05, 0.1) is 35.1 Å². The van der Waals surface area contributed by atoms with Crippen LogP contribution in [0.5, 0.6) is 5.75 Å². The summed E-state index contributed by atoms with van der Waals surface area (Å²) in [5.74, 6) is -1.75. The van der Waals surface area contributed by atoms with Crippen molar-refractivity contribution < 1.29 is 45.8 Å². The molecule has 0 aliphatic rings. The average molecular weight is 526 g/mol. The molecule has 0 unspecified atom stereocenters. The molecular weight excluding hydrogens is 506 g/mol. The van der Waals surface area contributed by atoms with Crippen molar-refractivity contribution in [3.05, 3.63) is 77.5 Å². The zero-order valence-electron chi connectivity index (χ0n) is 19.4. The fourth-order valence-electron chi connectivity index (χ4n) is 3.17. The first-order valence-corrected chi connectivity index (χ1v) is 10.6. The Labute approximate surface area is 206 Å². The second-order valence-electron chi connectivity index (χ2n) is 8.47. The smallest absolute Gasteiger partial charge is 0.418 e. The van der Waals surface area contributed by atoms with Crippen LogP contribution in [0.3, 0.4) is 0 Å². The predicted octanol–water partition coefficient (Wildman–Crippen LogP) is 6.21. The van der Waals surface area contributed by atoms with E-state index in [4.69, 9.17) is 9.84 Å². The Morgan fingerprint density at radius 1 is 0.919 bits per heavy atom. The summed E-state index contributed by atoms with van der Waals surface area (Å²) < 4.78 is 84.7. The molecule has 1 heterocycles. The Morgan fingerprint density at radius 2 is 1.51 bits per heavy atom. The first kappa shape index (κ1) is 27.5. The number of halogens is 6. The molecule has 1 amide bonds. The third-order valence-electron chi connectivity index (χ3n) is 5.17. The lowest BCUT2D eigenvalue weighted by molar-refractivity contribution is -0.152. The lowest BCUT2D eigenvalue weighted by Gasteiger charge is -2.21. The monoisotopic (exact) mass is 526 g/mol. The summed E-state index contributed by atoms with van der Waals surface area (Å²) >= 11 is 0. The van der Waals surface area contributed by atoms with Crippen LogP contribution in [0.2, 0.25) is 0 Å². The molecule has 0 saturated carbocycles. The standard InChI is InChI=1S/C25H20F6N2O4/c1-23(2,22(35)36)37-17-9-3-14(4-10-17)11-21(34)33-20-13-32-19(12-18(20)25(29,30)31)15-5-7-16(8-6-15)24(26,27)28/h3-10,12-13H,11H2,1-2H3,(H,33,34)(H,35,36). The topological polar surface area (TPSA) is 88.5 Å². The number of ether oxygens (including phenoxy) is 1. The van der Waals surface area contributed by atoms with Gasteiger partial charge in [0.1, 0.15) is 5.75 Å². The number of aliphatic carboxylic acids is 1. The van der Waals surface area contributed by atoms with Gasteiger partial charge in [-0.1, -0.05) is 24.3 Å². The molecule has 2 N–H and O–H groups in total. The van der Waals surface area contributed by atoms with Gasteiger partial charge in [-0.05, 0) is 49.7 Å². The molecule has 3 aromatic rings. The number of carbonyl (C=O) groups excluding carboxylic acids is 1. The molecule has 1 aromatic heterocycles. The molecule has 0 radical (unpaired) electrons. The van der Waals surface area contributed by atoms with Gasteiger partial charge in [-0.25, -0.2) is 4.79 Å². The molecule has 0 aliphatic heterocycles. The number of hydrogen-bond acceptors (Lipinski definition) is 4. The maximum Gasteiger partial charge on any atom is 0.418 e. The summed E-state index contributed by atoms with van der Waals surface area (Å²) in [5, 5.41) is 11.3. The summed E-state index contributed by atoms with van der Waals surface area (Å²) in [4.78, 5) is 27.5. The van der Waals surface area contributed by atoms with Crippen LogP contribution in [0.15, 0.2) is 60.8 Å². The third-order valence-corrected chi connectivity index (χ3v) is 5.17. The van der Waals surface area contributed by atoms with Gasteiger partial charge in [-0.2, -0.15) is 26.3 Å². The highest BCUT2D eigenvalue weighted by Crippen LogP contribution is 2.37. The van der Waals surface area contributed by atoms with Crippen molar-refractivity contribution >= 4 is 17.6 Å². The molecule has 0 bridgehead atoms. The molecule has 2 aromatic carbocycles. The maximum atomic E-state index is 13.7. The Morgan fingerprint density at radius 3 is 2.03 bits per heavy atom. The number of rotatable bonds is 7. The highest BCUT2D eigenvalue weighted by Gasteiger charge is 2.35. The highest BCUT2D eigenvalue weighted by atomic mass is 19.4. The molecule has 0 saturated heterocycles. The minimum absolute atomic E-state index is 0.0322. The molecular formula is C25H20F6N2O4. The number of carbonyl (C=O) groups is 2. The maximum absolute atomic E-state index is 13.7. The van der Waals surface area contributed by atoms with Crippen molar-refractivity contribution in [2.75, 3.05) is 5.32 Å². The molecule has 0 atom stereocenters. The van der Waals surface area contributed by atoms with Crippen LogP contribution in [-0.4, -0.2) is 27.6 Å². The van der Waals surface area contributed by atoms with Crippen LogP contribution in [0.25, 0.3) is 11.3 Å². The van der Waals surface area contributed by atoms with Crippen LogP contribution in [0, 0.1) is 0 Å². The summed E-state index contributed by atoms with van der Waals surface area (Å²) in [5.41, 5.74) is -4.06. The van der Waals surface area contributed by atoms with Crippen LogP contribution in [0.1, 0.15) is 30.5 Å². The lowest BCUT2D eigenvalue weighted by atomic mass is 10.1. The summed E-state index contributed by atoms with van der Waals surface area (Å²) in [6.45, 7) is 2.71. The van der Waals surface area contributed by atoms with Crippen molar-refractivity contribution in [2.45, 2.75) is 38.2 Å². The number of nitrogens with zero attached hydrogens (tertiary/aromatic N) is 1. The Kier molecular flexibility index (Phi) is 7.51. The fraction of sp³-hybridized carbons (Fsp3) is 0.240. The van der Waals surface area contributed by atoms with Gasteiger partial charge >= 0.3 is 18.3 Å². The van der Waals surface area contributed by atoms with Crippen molar-refractivity contribution in [3.63, 3.8) is 0 Å². The number of amides is 1. The van der Waals surface area contributed by atoms with Crippen molar-refractivity contribution in [3.8, 4) is 17.0 Å². The van der Waals surface area contributed by atoms with Crippen LogP contribution in [-0.2, 0) is 28.4 Å². The largest absolute Gasteiger partial charge is 0.478 e. The second kappa shape index (κ2) is 10.1.